The quantitative estimate of drug-likeness (QED) is 0.833. The van der Waals surface area contributed by atoms with Gasteiger partial charge in [0.25, 0.3) is 0 Å². The number of fused-ring (bicyclic) bond motifs is 1. The zero-order valence-corrected chi connectivity index (χ0v) is 14.1. The number of hydrogen-bond acceptors (Lipinski definition) is 5. The van der Waals surface area contributed by atoms with Crippen molar-refractivity contribution >= 4 is 5.91 Å². The number of amides is 1. The Balaban J connectivity index is 1.79. The van der Waals surface area contributed by atoms with Crippen molar-refractivity contribution in [3.05, 3.63) is 23.9 Å². The van der Waals surface area contributed by atoms with Gasteiger partial charge < -0.3 is 14.4 Å². The van der Waals surface area contributed by atoms with Gasteiger partial charge in [-0.05, 0) is 18.9 Å². The molecule has 2 atom stereocenters. The second-order valence-electron chi connectivity index (χ2n) is 6.64. The standard InChI is InChI=1S/C17H25N3O3/c1-19(2)16(21)17-7-10-23-14(17)6-9-20(12-17)11-13-5-4-8-18-15(13)22-3/h4-5,8,14H,6-7,9-12H2,1-3H3/t14-,17-/m1/s1. The second kappa shape index (κ2) is 6.45. The van der Waals surface area contributed by atoms with Gasteiger partial charge in [-0.25, -0.2) is 4.98 Å². The maximum Gasteiger partial charge on any atom is 0.232 e. The van der Waals surface area contributed by atoms with Crippen molar-refractivity contribution < 1.29 is 14.3 Å². The maximum atomic E-state index is 12.8. The van der Waals surface area contributed by atoms with Crippen molar-refractivity contribution in [1.29, 1.82) is 0 Å². The number of nitrogens with zero attached hydrogens (tertiary/aromatic N) is 3. The van der Waals surface area contributed by atoms with Crippen molar-refractivity contribution in [2.45, 2.75) is 25.5 Å². The Morgan fingerprint density at radius 2 is 2.39 bits per heavy atom. The van der Waals surface area contributed by atoms with E-state index in [1.165, 1.54) is 0 Å². The first-order valence-electron chi connectivity index (χ1n) is 8.10. The minimum atomic E-state index is -0.406. The lowest BCUT2D eigenvalue weighted by molar-refractivity contribution is -0.148. The zero-order chi connectivity index (χ0) is 16.4. The number of piperidine rings is 1. The fourth-order valence-corrected chi connectivity index (χ4v) is 3.88. The Hall–Kier alpha value is -1.66. The molecule has 6 nitrogen and oxygen atoms in total. The summed E-state index contributed by atoms with van der Waals surface area (Å²) in [6.07, 6.45) is 3.47. The minimum absolute atomic E-state index is 0.0458. The number of hydrogen-bond donors (Lipinski definition) is 0. The molecule has 2 aliphatic rings. The molecule has 1 amide bonds. The predicted octanol–water partition coefficient (Wildman–Crippen LogP) is 1.16. The monoisotopic (exact) mass is 319 g/mol. The highest BCUT2D eigenvalue weighted by molar-refractivity contribution is 5.83. The summed E-state index contributed by atoms with van der Waals surface area (Å²) in [5.41, 5.74) is 0.650. The Kier molecular flexibility index (Phi) is 4.55. The molecule has 2 saturated heterocycles. The van der Waals surface area contributed by atoms with E-state index in [-0.39, 0.29) is 12.0 Å². The zero-order valence-electron chi connectivity index (χ0n) is 14.1. The Labute approximate surface area is 137 Å². The van der Waals surface area contributed by atoms with Gasteiger partial charge >= 0.3 is 0 Å². The molecule has 3 heterocycles. The average molecular weight is 319 g/mol. The molecule has 0 aromatic carbocycles. The van der Waals surface area contributed by atoms with Crippen LogP contribution >= 0.6 is 0 Å². The highest BCUT2D eigenvalue weighted by atomic mass is 16.5. The third kappa shape index (κ3) is 2.93. The summed E-state index contributed by atoms with van der Waals surface area (Å²) >= 11 is 0. The molecule has 2 aliphatic heterocycles. The van der Waals surface area contributed by atoms with Crippen LogP contribution < -0.4 is 4.74 Å². The van der Waals surface area contributed by atoms with E-state index in [0.717, 1.165) is 38.0 Å². The predicted molar refractivity (Wildman–Crippen MR) is 86.2 cm³/mol. The number of pyridine rings is 1. The summed E-state index contributed by atoms with van der Waals surface area (Å²) in [5, 5.41) is 0. The van der Waals surface area contributed by atoms with Crippen LogP contribution in [-0.2, 0) is 16.1 Å². The lowest BCUT2D eigenvalue weighted by Crippen LogP contribution is -2.56. The third-order valence-corrected chi connectivity index (χ3v) is 4.97. The van der Waals surface area contributed by atoms with Gasteiger partial charge in [0.1, 0.15) is 0 Å². The van der Waals surface area contributed by atoms with E-state index < -0.39 is 5.41 Å². The number of rotatable bonds is 4. The number of aromatic nitrogens is 1. The molecule has 0 saturated carbocycles. The van der Waals surface area contributed by atoms with Crippen LogP contribution in [0.15, 0.2) is 18.3 Å². The van der Waals surface area contributed by atoms with Gasteiger partial charge in [-0.2, -0.15) is 0 Å². The molecule has 0 spiro atoms. The van der Waals surface area contributed by atoms with Crippen LogP contribution in [0.1, 0.15) is 18.4 Å². The summed E-state index contributed by atoms with van der Waals surface area (Å²) in [4.78, 5) is 21.1. The molecule has 0 bridgehead atoms. The van der Waals surface area contributed by atoms with E-state index in [9.17, 15) is 4.79 Å². The molecule has 2 fully saturated rings. The van der Waals surface area contributed by atoms with Gasteiger partial charge in [0.15, 0.2) is 0 Å². The van der Waals surface area contributed by atoms with Crippen LogP contribution in [0.25, 0.3) is 0 Å². The molecule has 0 N–H and O–H groups in total. The van der Waals surface area contributed by atoms with Crippen molar-refractivity contribution in [3.63, 3.8) is 0 Å². The van der Waals surface area contributed by atoms with Gasteiger partial charge in [-0.15, -0.1) is 0 Å². The van der Waals surface area contributed by atoms with Crippen LogP contribution in [-0.4, -0.2) is 67.7 Å². The summed E-state index contributed by atoms with van der Waals surface area (Å²) in [5.74, 6) is 0.841. The van der Waals surface area contributed by atoms with Gasteiger partial charge in [0, 0.05) is 52.1 Å². The first-order chi connectivity index (χ1) is 11.1. The first kappa shape index (κ1) is 16.2. The van der Waals surface area contributed by atoms with Crippen molar-refractivity contribution in [2.24, 2.45) is 5.41 Å². The van der Waals surface area contributed by atoms with Crippen LogP contribution in [0, 0.1) is 5.41 Å². The fraction of sp³-hybridized carbons (Fsp3) is 0.647. The smallest absolute Gasteiger partial charge is 0.232 e. The molecule has 23 heavy (non-hydrogen) atoms. The number of likely N-dealkylation sites (tertiary alicyclic amines) is 1. The number of carbonyl (C=O) groups excluding carboxylic acids is 1. The van der Waals surface area contributed by atoms with Crippen molar-refractivity contribution in [3.8, 4) is 5.88 Å². The molecule has 1 aromatic heterocycles. The number of ether oxygens (including phenoxy) is 2. The lowest BCUT2D eigenvalue weighted by atomic mass is 9.75. The second-order valence-corrected chi connectivity index (χ2v) is 6.64. The van der Waals surface area contributed by atoms with Crippen molar-refractivity contribution in [2.75, 3.05) is 40.9 Å². The molecule has 126 valence electrons. The van der Waals surface area contributed by atoms with E-state index in [0.29, 0.717) is 12.5 Å². The highest BCUT2D eigenvalue weighted by Gasteiger charge is 2.53. The first-order valence-corrected chi connectivity index (χ1v) is 8.10. The molecule has 0 radical (unpaired) electrons. The summed E-state index contributed by atoms with van der Waals surface area (Å²) in [7, 11) is 5.30. The molecular formula is C17H25N3O3. The Morgan fingerprint density at radius 3 is 3.13 bits per heavy atom. The molecule has 0 unspecified atom stereocenters. The normalized spacial score (nSPS) is 27.5. The van der Waals surface area contributed by atoms with E-state index in [4.69, 9.17) is 9.47 Å². The van der Waals surface area contributed by atoms with Crippen LogP contribution in [0.3, 0.4) is 0 Å². The van der Waals surface area contributed by atoms with E-state index in [1.54, 1.807) is 18.2 Å². The number of carbonyl (C=O) groups is 1. The number of methoxy groups -OCH3 is 1. The van der Waals surface area contributed by atoms with Gasteiger partial charge in [0.05, 0.1) is 18.6 Å². The van der Waals surface area contributed by atoms with Crippen LogP contribution in [0.2, 0.25) is 0 Å². The van der Waals surface area contributed by atoms with Gasteiger partial charge in [-0.1, -0.05) is 6.07 Å². The van der Waals surface area contributed by atoms with Gasteiger partial charge in [-0.3, -0.25) is 9.69 Å². The third-order valence-electron chi connectivity index (χ3n) is 4.97. The van der Waals surface area contributed by atoms with E-state index in [1.807, 2.05) is 26.2 Å². The summed E-state index contributed by atoms with van der Waals surface area (Å²) < 4.78 is 11.2. The van der Waals surface area contributed by atoms with Gasteiger partial charge in [0.2, 0.25) is 11.8 Å². The molecule has 0 aliphatic carbocycles. The van der Waals surface area contributed by atoms with E-state index >= 15 is 0 Å². The topological polar surface area (TPSA) is 54.9 Å². The maximum absolute atomic E-state index is 12.8. The van der Waals surface area contributed by atoms with Crippen LogP contribution in [0.5, 0.6) is 5.88 Å². The van der Waals surface area contributed by atoms with E-state index in [2.05, 4.69) is 9.88 Å². The SMILES string of the molecule is COc1ncccc1CN1CC[C@H]2OCC[C@@]2(C(=O)N(C)C)C1. The molecule has 3 rings (SSSR count). The fourth-order valence-electron chi connectivity index (χ4n) is 3.88. The highest BCUT2D eigenvalue weighted by Crippen LogP contribution is 2.42. The minimum Gasteiger partial charge on any atom is -0.481 e. The van der Waals surface area contributed by atoms with Crippen molar-refractivity contribution in [1.82, 2.24) is 14.8 Å². The molecule has 1 aromatic rings. The summed E-state index contributed by atoms with van der Waals surface area (Å²) in [6.45, 7) is 3.07. The Bertz CT molecular complexity index is 578. The average Bonchev–Trinajstić information content (AvgIpc) is 2.98. The van der Waals surface area contributed by atoms with Crippen LogP contribution in [0.4, 0.5) is 0 Å². The Morgan fingerprint density at radius 1 is 1.57 bits per heavy atom. The lowest BCUT2D eigenvalue weighted by Gasteiger charge is -2.43. The molecule has 6 heteroatoms. The largest absolute Gasteiger partial charge is 0.481 e. The molecular weight excluding hydrogens is 294 g/mol. The summed E-state index contributed by atoms with van der Waals surface area (Å²) in [6, 6.07) is 3.95.